The Bertz CT molecular complexity index is 606. The van der Waals surface area contributed by atoms with Crippen molar-refractivity contribution >= 4 is 5.78 Å². The lowest BCUT2D eigenvalue weighted by atomic mass is 9.96. The molecule has 0 bridgehead atoms. The van der Waals surface area contributed by atoms with Gasteiger partial charge in [0.2, 0.25) is 0 Å². The van der Waals surface area contributed by atoms with Crippen molar-refractivity contribution in [2.75, 3.05) is 0 Å². The van der Waals surface area contributed by atoms with Crippen LogP contribution in [0.15, 0.2) is 57.7 Å². The number of rotatable bonds is 11. The summed E-state index contributed by atoms with van der Waals surface area (Å²) >= 11 is 0. The van der Waals surface area contributed by atoms with Gasteiger partial charge in [-0.2, -0.15) is 0 Å². The summed E-state index contributed by atoms with van der Waals surface area (Å²) in [6.07, 6.45) is 15.7. The number of carbonyl (C=O) groups excluding carboxylic acids is 1. The highest BCUT2D eigenvalue weighted by atomic mass is 16.3. The van der Waals surface area contributed by atoms with Crippen LogP contribution in [0.5, 0.6) is 0 Å². The summed E-state index contributed by atoms with van der Waals surface area (Å²) in [5.74, 6) is 0.686. The lowest BCUT2D eigenvalue weighted by Crippen LogP contribution is -2.04. The van der Waals surface area contributed by atoms with E-state index >= 15 is 0 Å². The maximum Gasteiger partial charge on any atom is 0.155 e. The van der Waals surface area contributed by atoms with Gasteiger partial charge < -0.3 is 8.83 Å². The van der Waals surface area contributed by atoms with Crippen LogP contribution < -0.4 is 0 Å². The van der Waals surface area contributed by atoms with Gasteiger partial charge in [0.1, 0.15) is 0 Å². The molecule has 1 atom stereocenters. The minimum atomic E-state index is 0.256. The van der Waals surface area contributed by atoms with Crippen LogP contribution in [0.4, 0.5) is 0 Å². The minimum absolute atomic E-state index is 0.256. The van der Waals surface area contributed by atoms with E-state index in [2.05, 4.69) is 13.8 Å². The Labute approximate surface area is 144 Å². The van der Waals surface area contributed by atoms with Gasteiger partial charge >= 0.3 is 0 Å². The molecule has 0 aliphatic heterocycles. The number of hydrogen-bond donors (Lipinski definition) is 0. The molecule has 0 aliphatic carbocycles. The Morgan fingerprint density at radius 2 is 1.71 bits per heavy atom. The van der Waals surface area contributed by atoms with Crippen molar-refractivity contribution in [3.05, 3.63) is 60.0 Å². The molecular weight excluding hydrogens is 300 g/mol. The minimum Gasteiger partial charge on any atom is -0.472 e. The van der Waals surface area contributed by atoms with Crippen molar-refractivity contribution in [1.29, 1.82) is 0 Å². The second-order valence-electron chi connectivity index (χ2n) is 6.78. The summed E-state index contributed by atoms with van der Waals surface area (Å²) in [7, 11) is 0. The zero-order valence-electron chi connectivity index (χ0n) is 14.8. The van der Waals surface area contributed by atoms with Gasteiger partial charge in [0.25, 0.3) is 0 Å². The molecule has 3 heteroatoms. The lowest BCUT2D eigenvalue weighted by molar-refractivity contribution is -0.115. The molecule has 2 rings (SSSR count). The van der Waals surface area contributed by atoms with Crippen molar-refractivity contribution in [3.63, 3.8) is 0 Å². The molecule has 0 saturated carbocycles. The molecular formula is C21H28O3. The summed E-state index contributed by atoms with van der Waals surface area (Å²) in [5.41, 5.74) is 3.64. The average molecular weight is 328 g/mol. The first-order chi connectivity index (χ1) is 11.6. The van der Waals surface area contributed by atoms with Gasteiger partial charge in [-0.3, -0.25) is 4.79 Å². The highest BCUT2D eigenvalue weighted by Crippen LogP contribution is 2.16. The van der Waals surface area contributed by atoms with Crippen molar-refractivity contribution in [3.8, 4) is 0 Å². The largest absolute Gasteiger partial charge is 0.472 e. The van der Waals surface area contributed by atoms with E-state index in [0.29, 0.717) is 12.3 Å². The Hall–Kier alpha value is -2.03. The molecule has 0 amide bonds. The maximum absolute atomic E-state index is 12.1. The molecule has 0 fully saturated rings. The molecule has 24 heavy (non-hydrogen) atoms. The van der Waals surface area contributed by atoms with Crippen LogP contribution in [0.1, 0.15) is 57.1 Å². The molecule has 0 radical (unpaired) electrons. The zero-order chi connectivity index (χ0) is 17.2. The fourth-order valence-corrected chi connectivity index (χ4v) is 2.95. The van der Waals surface area contributed by atoms with Crippen LogP contribution in [0.3, 0.4) is 0 Å². The third kappa shape index (κ3) is 7.03. The number of hydrogen-bond acceptors (Lipinski definition) is 3. The monoisotopic (exact) mass is 328 g/mol. The summed E-state index contributed by atoms with van der Waals surface area (Å²) in [5, 5.41) is 0. The van der Waals surface area contributed by atoms with Crippen LogP contribution >= 0.6 is 0 Å². The normalized spacial score (nSPS) is 13.2. The third-order valence-electron chi connectivity index (χ3n) is 4.32. The van der Waals surface area contributed by atoms with Gasteiger partial charge in [0, 0.05) is 6.42 Å². The number of ketones is 1. The van der Waals surface area contributed by atoms with Crippen LogP contribution in [0, 0.1) is 5.92 Å². The van der Waals surface area contributed by atoms with E-state index in [1.54, 1.807) is 25.1 Å². The molecule has 0 aromatic carbocycles. The summed E-state index contributed by atoms with van der Waals surface area (Å²) in [4.78, 5) is 12.1. The van der Waals surface area contributed by atoms with Crippen LogP contribution in [0.2, 0.25) is 0 Å². The molecule has 0 unspecified atom stereocenters. The molecule has 2 aromatic heterocycles. The molecule has 0 saturated heterocycles. The first-order valence-electron chi connectivity index (χ1n) is 8.85. The SMILES string of the molecule is CC(=CC(=O)C[C@@H](C)CCCc1ccoc1)CCCc1ccoc1. The predicted octanol–water partition coefficient (Wildman–Crippen LogP) is 5.76. The average Bonchev–Trinajstić information content (AvgIpc) is 3.20. The quantitative estimate of drug-likeness (QED) is 0.492. The Morgan fingerprint density at radius 3 is 2.29 bits per heavy atom. The molecule has 3 nitrogen and oxygen atoms in total. The summed E-state index contributed by atoms with van der Waals surface area (Å²) in [6, 6.07) is 4.00. The van der Waals surface area contributed by atoms with Crippen LogP contribution in [-0.4, -0.2) is 5.78 Å². The maximum atomic E-state index is 12.1. The van der Waals surface area contributed by atoms with Gasteiger partial charge in [-0.15, -0.1) is 0 Å². The third-order valence-corrected chi connectivity index (χ3v) is 4.32. The summed E-state index contributed by atoms with van der Waals surface area (Å²) in [6.45, 7) is 4.21. The molecule has 0 N–H and O–H groups in total. The van der Waals surface area contributed by atoms with E-state index in [-0.39, 0.29) is 5.78 Å². The van der Waals surface area contributed by atoms with Crippen molar-refractivity contribution in [1.82, 2.24) is 0 Å². The van der Waals surface area contributed by atoms with Crippen molar-refractivity contribution in [2.24, 2.45) is 5.92 Å². The highest BCUT2D eigenvalue weighted by molar-refractivity contribution is 5.90. The molecule has 2 heterocycles. The van der Waals surface area contributed by atoms with Gasteiger partial charge in [-0.1, -0.05) is 12.5 Å². The highest BCUT2D eigenvalue weighted by Gasteiger charge is 2.08. The second kappa shape index (κ2) is 9.96. The van der Waals surface area contributed by atoms with Gasteiger partial charge in [-0.25, -0.2) is 0 Å². The van der Waals surface area contributed by atoms with E-state index in [1.165, 1.54) is 16.7 Å². The Balaban J connectivity index is 1.61. The van der Waals surface area contributed by atoms with Gasteiger partial charge in [-0.05, 0) is 80.7 Å². The van der Waals surface area contributed by atoms with E-state index in [9.17, 15) is 4.79 Å². The standard InChI is InChI=1S/C21H28O3/c1-17(5-3-7-19-9-11-23-15-19)13-21(22)14-18(2)6-4-8-20-10-12-24-16-20/h9-13,15-16,18H,3-8,14H2,1-2H3/t18-/m0/s1. The number of allylic oxidation sites excluding steroid dienone is 2. The molecule has 0 spiro atoms. The summed E-state index contributed by atoms with van der Waals surface area (Å²) < 4.78 is 10.1. The van der Waals surface area contributed by atoms with E-state index in [1.807, 2.05) is 18.2 Å². The topological polar surface area (TPSA) is 43.4 Å². The van der Waals surface area contributed by atoms with Crippen LogP contribution in [-0.2, 0) is 17.6 Å². The Kier molecular flexibility index (Phi) is 7.60. The van der Waals surface area contributed by atoms with E-state index < -0.39 is 0 Å². The van der Waals surface area contributed by atoms with Crippen LogP contribution in [0.25, 0.3) is 0 Å². The van der Waals surface area contributed by atoms with Crippen molar-refractivity contribution in [2.45, 2.75) is 58.8 Å². The van der Waals surface area contributed by atoms with E-state index in [4.69, 9.17) is 8.83 Å². The second-order valence-corrected chi connectivity index (χ2v) is 6.78. The molecule has 0 aliphatic rings. The lowest BCUT2D eigenvalue weighted by Gasteiger charge is -2.09. The fourth-order valence-electron chi connectivity index (χ4n) is 2.95. The first kappa shape index (κ1) is 18.3. The predicted molar refractivity (Wildman–Crippen MR) is 95.8 cm³/mol. The zero-order valence-corrected chi connectivity index (χ0v) is 14.8. The fraction of sp³-hybridized carbons (Fsp3) is 0.476. The smallest absolute Gasteiger partial charge is 0.155 e. The number of carbonyl (C=O) groups is 1. The number of furan rings is 2. The first-order valence-corrected chi connectivity index (χ1v) is 8.85. The van der Waals surface area contributed by atoms with Crippen molar-refractivity contribution < 1.29 is 13.6 Å². The molecule has 2 aromatic rings. The van der Waals surface area contributed by atoms with Gasteiger partial charge in [0.05, 0.1) is 25.1 Å². The number of aryl methyl sites for hydroxylation is 2. The molecule has 130 valence electrons. The van der Waals surface area contributed by atoms with E-state index in [0.717, 1.165) is 38.5 Å². The Morgan fingerprint density at radius 1 is 1.08 bits per heavy atom. The van der Waals surface area contributed by atoms with Gasteiger partial charge in [0.15, 0.2) is 5.78 Å².